The van der Waals surface area contributed by atoms with E-state index in [0.29, 0.717) is 13.1 Å². The zero-order valence-electron chi connectivity index (χ0n) is 9.18. The summed E-state index contributed by atoms with van der Waals surface area (Å²) in [7, 11) is 0. The first-order chi connectivity index (χ1) is 5.90. The highest BCUT2D eigenvalue weighted by atomic mass is 16.1. The molecule has 1 amide bonds. The monoisotopic (exact) mass is 186 g/mol. The quantitative estimate of drug-likeness (QED) is 0.691. The normalized spacial score (nSPS) is 13.9. The SMILES string of the molecule is CCNC(=O)C(CN)CC(C)(C)C. The number of rotatable bonds is 4. The van der Waals surface area contributed by atoms with Gasteiger partial charge in [-0.3, -0.25) is 4.79 Å². The summed E-state index contributed by atoms with van der Waals surface area (Å²) in [6, 6.07) is 0. The van der Waals surface area contributed by atoms with Crippen LogP contribution < -0.4 is 11.1 Å². The molecular weight excluding hydrogens is 164 g/mol. The molecule has 0 heterocycles. The second-order valence-corrected chi connectivity index (χ2v) is 4.59. The van der Waals surface area contributed by atoms with E-state index in [2.05, 4.69) is 26.1 Å². The zero-order valence-corrected chi connectivity index (χ0v) is 9.18. The van der Waals surface area contributed by atoms with Crippen molar-refractivity contribution >= 4 is 5.91 Å². The minimum Gasteiger partial charge on any atom is -0.356 e. The van der Waals surface area contributed by atoms with Crippen molar-refractivity contribution in [3.63, 3.8) is 0 Å². The summed E-state index contributed by atoms with van der Waals surface area (Å²) < 4.78 is 0. The summed E-state index contributed by atoms with van der Waals surface area (Å²) in [6.45, 7) is 9.39. The largest absolute Gasteiger partial charge is 0.356 e. The Hall–Kier alpha value is -0.570. The Labute approximate surface area is 81.1 Å². The molecule has 0 saturated carbocycles. The average Bonchev–Trinajstić information content (AvgIpc) is 1.99. The molecule has 78 valence electrons. The molecule has 0 radical (unpaired) electrons. The summed E-state index contributed by atoms with van der Waals surface area (Å²) >= 11 is 0. The topological polar surface area (TPSA) is 55.1 Å². The second-order valence-electron chi connectivity index (χ2n) is 4.59. The first-order valence-corrected chi connectivity index (χ1v) is 4.88. The summed E-state index contributed by atoms with van der Waals surface area (Å²) in [6.07, 6.45) is 0.843. The number of carbonyl (C=O) groups excluding carboxylic acids is 1. The molecule has 13 heavy (non-hydrogen) atoms. The molecule has 0 saturated heterocycles. The molecule has 0 aliphatic heterocycles. The van der Waals surface area contributed by atoms with E-state index in [4.69, 9.17) is 5.73 Å². The Bertz CT molecular complexity index is 161. The molecular formula is C10H22N2O. The second kappa shape index (κ2) is 5.22. The Morgan fingerprint density at radius 1 is 1.46 bits per heavy atom. The standard InChI is InChI=1S/C10H22N2O/c1-5-12-9(13)8(7-11)6-10(2,3)4/h8H,5-7,11H2,1-4H3,(H,12,13). The van der Waals surface area contributed by atoms with E-state index in [1.165, 1.54) is 0 Å². The van der Waals surface area contributed by atoms with Crippen LogP contribution in [0, 0.1) is 11.3 Å². The summed E-state index contributed by atoms with van der Waals surface area (Å²) in [5, 5.41) is 2.80. The molecule has 1 unspecified atom stereocenters. The van der Waals surface area contributed by atoms with E-state index in [-0.39, 0.29) is 17.2 Å². The highest BCUT2D eigenvalue weighted by molar-refractivity contribution is 5.78. The zero-order chi connectivity index (χ0) is 10.5. The summed E-state index contributed by atoms with van der Waals surface area (Å²) in [5.41, 5.74) is 5.71. The van der Waals surface area contributed by atoms with Crippen molar-refractivity contribution in [3.8, 4) is 0 Å². The minimum absolute atomic E-state index is 0.0417. The van der Waals surface area contributed by atoms with Gasteiger partial charge in [-0.1, -0.05) is 20.8 Å². The third-order valence-corrected chi connectivity index (χ3v) is 1.87. The summed E-state index contributed by atoms with van der Waals surface area (Å²) in [5.74, 6) is 0.0416. The van der Waals surface area contributed by atoms with Crippen LogP contribution in [-0.4, -0.2) is 19.0 Å². The number of hydrogen-bond acceptors (Lipinski definition) is 2. The van der Waals surface area contributed by atoms with E-state index in [0.717, 1.165) is 6.42 Å². The van der Waals surface area contributed by atoms with Gasteiger partial charge in [-0.05, 0) is 18.8 Å². The lowest BCUT2D eigenvalue weighted by Gasteiger charge is -2.24. The Kier molecular flexibility index (Phi) is 4.99. The first kappa shape index (κ1) is 12.4. The minimum atomic E-state index is -0.0417. The van der Waals surface area contributed by atoms with Crippen LogP contribution in [-0.2, 0) is 4.79 Å². The van der Waals surface area contributed by atoms with Crippen LogP contribution in [0.15, 0.2) is 0 Å². The predicted octanol–water partition coefficient (Wildman–Crippen LogP) is 1.13. The van der Waals surface area contributed by atoms with Gasteiger partial charge in [0.1, 0.15) is 0 Å². The lowest BCUT2D eigenvalue weighted by molar-refractivity contribution is -0.125. The van der Waals surface area contributed by atoms with Gasteiger partial charge in [0.25, 0.3) is 0 Å². The average molecular weight is 186 g/mol. The van der Waals surface area contributed by atoms with Gasteiger partial charge in [-0.2, -0.15) is 0 Å². The maximum atomic E-state index is 11.5. The van der Waals surface area contributed by atoms with E-state index < -0.39 is 0 Å². The fourth-order valence-electron chi connectivity index (χ4n) is 1.34. The number of hydrogen-bond donors (Lipinski definition) is 2. The van der Waals surface area contributed by atoms with Gasteiger partial charge in [0.15, 0.2) is 0 Å². The molecule has 0 aromatic heterocycles. The lowest BCUT2D eigenvalue weighted by atomic mass is 9.84. The molecule has 3 heteroatoms. The Balaban J connectivity index is 4.10. The van der Waals surface area contributed by atoms with Crippen LogP contribution in [0.1, 0.15) is 34.1 Å². The smallest absolute Gasteiger partial charge is 0.224 e. The van der Waals surface area contributed by atoms with Crippen molar-refractivity contribution in [3.05, 3.63) is 0 Å². The van der Waals surface area contributed by atoms with Crippen LogP contribution in [0.4, 0.5) is 0 Å². The van der Waals surface area contributed by atoms with Crippen LogP contribution in [0.25, 0.3) is 0 Å². The number of nitrogens with one attached hydrogen (secondary N) is 1. The maximum Gasteiger partial charge on any atom is 0.224 e. The van der Waals surface area contributed by atoms with Gasteiger partial charge in [-0.15, -0.1) is 0 Å². The van der Waals surface area contributed by atoms with E-state index in [1.807, 2.05) is 6.92 Å². The fraction of sp³-hybridized carbons (Fsp3) is 0.900. The van der Waals surface area contributed by atoms with Crippen LogP contribution >= 0.6 is 0 Å². The molecule has 0 aliphatic carbocycles. The summed E-state index contributed by atoms with van der Waals surface area (Å²) in [4.78, 5) is 11.5. The van der Waals surface area contributed by atoms with Crippen molar-refractivity contribution in [2.45, 2.75) is 34.1 Å². The highest BCUT2D eigenvalue weighted by Gasteiger charge is 2.22. The van der Waals surface area contributed by atoms with E-state index in [1.54, 1.807) is 0 Å². The van der Waals surface area contributed by atoms with Crippen LogP contribution in [0.3, 0.4) is 0 Å². The molecule has 0 rings (SSSR count). The van der Waals surface area contributed by atoms with Gasteiger partial charge in [0.2, 0.25) is 5.91 Å². The predicted molar refractivity (Wildman–Crippen MR) is 55.3 cm³/mol. The van der Waals surface area contributed by atoms with Gasteiger partial charge < -0.3 is 11.1 Å². The Morgan fingerprint density at radius 2 is 2.00 bits per heavy atom. The third kappa shape index (κ3) is 5.64. The molecule has 0 fully saturated rings. The molecule has 0 aromatic carbocycles. The van der Waals surface area contributed by atoms with Gasteiger partial charge in [0, 0.05) is 13.1 Å². The van der Waals surface area contributed by atoms with Gasteiger partial charge >= 0.3 is 0 Å². The molecule has 0 bridgehead atoms. The molecule has 3 N–H and O–H groups in total. The fourth-order valence-corrected chi connectivity index (χ4v) is 1.34. The van der Waals surface area contributed by atoms with E-state index >= 15 is 0 Å². The highest BCUT2D eigenvalue weighted by Crippen LogP contribution is 2.23. The van der Waals surface area contributed by atoms with Crippen LogP contribution in [0.2, 0.25) is 0 Å². The number of nitrogens with two attached hydrogens (primary N) is 1. The van der Waals surface area contributed by atoms with Crippen molar-refractivity contribution in [2.75, 3.05) is 13.1 Å². The van der Waals surface area contributed by atoms with Crippen molar-refractivity contribution in [1.82, 2.24) is 5.32 Å². The molecule has 3 nitrogen and oxygen atoms in total. The molecule has 1 atom stereocenters. The van der Waals surface area contributed by atoms with Crippen LogP contribution in [0.5, 0.6) is 0 Å². The van der Waals surface area contributed by atoms with Crippen molar-refractivity contribution in [2.24, 2.45) is 17.1 Å². The molecule has 0 aliphatic rings. The third-order valence-electron chi connectivity index (χ3n) is 1.87. The number of amides is 1. The van der Waals surface area contributed by atoms with Crippen molar-refractivity contribution in [1.29, 1.82) is 0 Å². The Morgan fingerprint density at radius 3 is 2.31 bits per heavy atom. The maximum absolute atomic E-state index is 11.5. The molecule has 0 aromatic rings. The molecule has 0 spiro atoms. The van der Waals surface area contributed by atoms with Gasteiger partial charge in [-0.25, -0.2) is 0 Å². The van der Waals surface area contributed by atoms with Crippen molar-refractivity contribution < 1.29 is 4.79 Å². The van der Waals surface area contributed by atoms with Gasteiger partial charge in [0.05, 0.1) is 5.92 Å². The lowest BCUT2D eigenvalue weighted by Crippen LogP contribution is -2.37. The number of carbonyl (C=O) groups is 1. The first-order valence-electron chi connectivity index (χ1n) is 4.88. The van der Waals surface area contributed by atoms with E-state index in [9.17, 15) is 4.79 Å².